The van der Waals surface area contributed by atoms with Gasteiger partial charge in [-0.3, -0.25) is 4.79 Å². The molecule has 1 aromatic rings. The van der Waals surface area contributed by atoms with Gasteiger partial charge in [-0.15, -0.1) is 0 Å². The van der Waals surface area contributed by atoms with Crippen LogP contribution in [-0.4, -0.2) is 21.8 Å². The molecule has 1 spiro atoms. The molecule has 21 heavy (non-hydrogen) atoms. The van der Waals surface area contributed by atoms with Crippen LogP contribution in [0.1, 0.15) is 54.2 Å². The highest BCUT2D eigenvalue weighted by Gasteiger charge is 2.66. The standard InChI is InChI=1S/C18H20O3/c1-10-4-3-5-12-13-6-7-18(21)9-17(13,8-11(18)2)15(14(10)12)16(19)20/h3-5,13,15,21H,2,6-9H2,1H3,(H,19,20)/t13-,15+,17?,18+/m0/s1. The smallest absolute Gasteiger partial charge is 0.311 e. The summed E-state index contributed by atoms with van der Waals surface area (Å²) < 4.78 is 0. The minimum atomic E-state index is -0.847. The van der Waals surface area contributed by atoms with Gasteiger partial charge in [-0.05, 0) is 60.8 Å². The molecule has 0 aliphatic heterocycles. The molecule has 0 amide bonds. The number of hydrogen-bond donors (Lipinski definition) is 2. The van der Waals surface area contributed by atoms with Crippen LogP contribution in [0.25, 0.3) is 0 Å². The summed E-state index contributed by atoms with van der Waals surface area (Å²) in [5.74, 6) is -1.02. The number of aryl methyl sites for hydroxylation is 1. The van der Waals surface area contributed by atoms with E-state index in [1.165, 1.54) is 5.56 Å². The topological polar surface area (TPSA) is 57.5 Å². The number of aliphatic carboxylic acids is 1. The molecular formula is C18H20O3. The summed E-state index contributed by atoms with van der Waals surface area (Å²) in [6.07, 6.45) is 2.75. The van der Waals surface area contributed by atoms with Gasteiger partial charge in [0.25, 0.3) is 0 Å². The lowest BCUT2D eigenvalue weighted by Crippen LogP contribution is -2.39. The van der Waals surface area contributed by atoms with Gasteiger partial charge in [-0.25, -0.2) is 0 Å². The zero-order chi connectivity index (χ0) is 15.0. The van der Waals surface area contributed by atoms with E-state index in [0.717, 1.165) is 23.1 Å². The number of carboxylic acid groups (broad SMARTS) is 1. The average molecular weight is 284 g/mol. The van der Waals surface area contributed by atoms with Crippen molar-refractivity contribution in [2.75, 3.05) is 0 Å². The van der Waals surface area contributed by atoms with E-state index in [1.807, 2.05) is 19.1 Å². The number of aliphatic hydroxyl groups is 1. The van der Waals surface area contributed by atoms with Gasteiger partial charge in [0.1, 0.15) is 0 Å². The second-order valence-electron chi connectivity index (χ2n) is 7.16. The van der Waals surface area contributed by atoms with Crippen LogP contribution >= 0.6 is 0 Å². The van der Waals surface area contributed by atoms with Crippen LogP contribution < -0.4 is 0 Å². The number of rotatable bonds is 1. The minimum absolute atomic E-state index is 0.244. The summed E-state index contributed by atoms with van der Waals surface area (Å²) in [6, 6.07) is 6.11. The summed E-state index contributed by atoms with van der Waals surface area (Å²) in [6.45, 7) is 6.06. The second-order valence-corrected chi connectivity index (χ2v) is 7.16. The first-order valence-corrected chi connectivity index (χ1v) is 7.62. The highest BCUT2D eigenvalue weighted by Crippen LogP contribution is 2.71. The highest BCUT2D eigenvalue weighted by atomic mass is 16.4. The third-order valence-electron chi connectivity index (χ3n) is 6.21. The molecule has 4 atom stereocenters. The molecule has 2 saturated carbocycles. The molecule has 3 heteroatoms. The Bertz CT molecular complexity index is 677. The van der Waals surface area contributed by atoms with E-state index in [1.54, 1.807) is 0 Å². The summed E-state index contributed by atoms with van der Waals surface area (Å²) in [4.78, 5) is 12.1. The van der Waals surface area contributed by atoms with E-state index in [9.17, 15) is 15.0 Å². The van der Waals surface area contributed by atoms with Crippen LogP contribution in [0.2, 0.25) is 0 Å². The lowest BCUT2D eigenvalue weighted by atomic mass is 9.63. The maximum atomic E-state index is 12.1. The molecule has 3 aliphatic rings. The van der Waals surface area contributed by atoms with Crippen molar-refractivity contribution in [2.45, 2.75) is 50.0 Å². The van der Waals surface area contributed by atoms with Crippen LogP contribution in [0.5, 0.6) is 0 Å². The van der Waals surface area contributed by atoms with Crippen molar-refractivity contribution in [1.29, 1.82) is 0 Å². The maximum absolute atomic E-state index is 12.1. The predicted octanol–water partition coefficient (Wildman–Crippen LogP) is 3.12. The molecule has 0 radical (unpaired) electrons. The van der Waals surface area contributed by atoms with Gasteiger partial charge in [0.2, 0.25) is 0 Å². The lowest BCUT2D eigenvalue weighted by Gasteiger charge is -2.41. The minimum Gasteiger partial charge on any atom is -0.481 e. The Morgan fingerprint density at radius 1 is 1.43 bits per heavy atom. The van der Waals surface area contributed by atoms with Gasteiger partial charge >= 0.3 is 5.97 Å². The highest BCUT2D eigenvalue weighted by molar-refractivity contribution is 5.81. The molecule has 110 valence electrons. The fourth-order valence-corrected chi connectivity index (χ4v) is 5.40. The molecule has 0 saturated heterocycles. The molecule has 2 N–H and O–H groups in total. The van der Waals surface area contributed by atoms with E-state index in [4.69, 9.17) is 0 Å². The average Bonchev–Trinajstić information content (AvgIpc) is 2.79. The van der Waals surface area contributed by atoms with Gasteiger partial charge in [-0.2, -0.15) is 0 Å². The molecule has 1 aromatic carbocycles. The van der Waals surface area contributed by atoms with Gasteiger partial charge in [0.05, 0.1) is 11.5 Å². The van der Waals surface area contributed by atoms with Crippen LogP contribution in [0.4, 0.5) is 0 Å². The van der Waals surface area contributed by atoms with Crippen molar-refractivity contribution in [1.82, 2.24) is 0 Å². The second kappa shape index (κ2) is 3.77. The zero-order valence-electron chi connectivity index (χ0n) is 12.2. The summed E-state index contributed by atoms with van der Waals surface area (Å²) >= 11 is 0. The van der Waals surface area contributed by atoms with Crippen LogP contribution in [0.15, 0.2) is 30.4 Å². The Balaban J connectivity index is 1.98. The number of hydrogen-bond acceptors (Lipinski definition) is 2. The maximum Gasteiger partial charge on any atom is 0.311 e. The zero-order valence-corrected chi connectivity index (χ0v) is 12.2. The fourth-order valence-electron chi connectivity index (χ4n) is 5.40. The van der Waals surface area contributed by atoms with Crippen molar-refractivity contribution in [3.8, 4) is 0 Å². The molecule has 2 bridgehead atoms. The van der Waals surface area contributed by atoms with Crippen LogP contribution in [0, 0.1) is 12.3 Å². The van der Waals surface area contributed by atoms with Crippen molar-refractivity contribution in [2.24, 2.45) is 5.41 Å². The SMILES string of the molecule is C=C1CC23C[C@]1(O)CC[C@H]2c1cccc(C)c1[C@@H]3C(=O)O. The summed E-state index contributed by atoms with van der Waals surface area (Å²) in [5, 5.41) is 20.7. The predicted molar refractivity (Wildman–Crippen MR) is 79.3 cm³/mol. The largest absolute Gasteiger partial charge is 0.481 e. The molecule has 3 nitrogen and oxygen atoms in total. The Labute approximate surface area is 124 Å². The van der Waals surface area contributed by atoms with Crippen LogP contribution in [-0.2, 0) is 4.79 Å². The van der Waals surface area contributed by atoms with Crippen LogP contribution in [0.3, 0.4) is 0 Å². The van der Waals surface area contributed by atoms with Crippen molar-refractivity contribution in [3.05, 3.63) is 47.0 Å². The van der Waals surface area contributed by atoms with Crippen molar-refractivity contribution < 1.29 is 15.0 Å². The molecular weight excluding hydrogens is 264 g/mol. The van der Waals surface area contributed by atoms with Gasteiger partial charge in [0, 0.05) is 5.41 Å². The third-order valence-corrected chi connectivity index (χ3v) is 6.21. The first-order chi connectivity index (χ1) is 9.89. The fraction of sp³-hybridized carbons (Fsp3) is 0.500. The van der Waals surface area contributed by atoms with Crippen molar-refractivity contribution in [3.63, 3.8) is 0 Å². The Morgan fingerprint density at radius 3 is 2.90 bits per heavy atom. The van der Waals surface area contributed by atoms with E-state index in [2.05, 4.69) is 12.6 Å². The molecule has 3 aliphatic carbocycles. The lowest BCUT2D eigenvalue weighted by molar-refractivity contribution is -0.143. The molecule has 1 unspecified atom stereocenters. The molecule has 0 heterocycles. The normalized spacial score (nSPS) is 40.0. The monoisotopic (exact) mass is 284 g/mol. The van der Waals surface area contributed by atoms with E-state index >= 15 is 0 Å². The Morgan fingerprint density at radius 2 is 2.19 bits per heavy atom. The number of carboxylic acids is 1. The van der Waals surface area contributed by atoms with E-state index < -0.39 is 17.5 Å². The van der Waals surface area contributed by atoms with E-state index in [0.29, 0.717) is 19.3 Å². The Hall–Kier alpha value is -1.61. The molecule has 4 rings (SSSR count). The Kier molecular flexibility index (Phi) is 2.35. The molecule has 2 fully saturated rings. The summed E-state index contributed by atoms with van der Waals surface area (Å²) in [5.41, 5.74) is 2.87. The van der Waals surface area contributed by atoms with Gasteiger partial charge < -0.3 is 10.2 Å². The third kappa shape index (κ3) is 1.40. The van der Waals surface area contributed by atoms with E-state index in [-0.39, 0.29) is 11.3 Å². The summed E-state index contributed by atoms with van der Waals surface area (Å²) in [7, 11) is 0. The first-order valence-electron chi connectivity index (χ1n) is 7.62. The number of carbonyl (C=O) groups is 1. The number of fused-ring (bicyclic) bond motifs is 3. The van der Waals surface area contributed by atoms with Gasteiger partial charge in [-0.1, -0.05) is 24.8 Å². The molecule has 0 aromatic heterocycles. The quantitative estimate of drug-likeness (QED) is 0.779. The first kappa shape index (κ1) is 13.1. The van der Waals surface area contributed by atoms with Crippen molar-refractivity contribution >= 4 is 5.97 Å². The number of benzene rings is 1. The van der Waals surface area contributed by atoms with Gasteiger partial charge in [0.15, 0.2) is 0 Å².